The molecule has 0 spiro atoms. The maximum absolute atomic E-state index is 12.3. The van der Waals surface area contributed by atoms with Gasteiger partial charge in [0, 0.05) is 25.6 Å². The van der Waals surface area contributed by atoms with Gasteiger partial charge in [-0.25, -0.2) is 4.79 Å². The number of nitrogens with zero attached hydrogens (tertiary/aromatic N) is 4. The number of ether oxygens (including phenoxy) is 1. The molecule has 0 aliphatic rings. The lowest BCUT2D eigenvalue weighted by Gasteiger charge is -2.24. The predicted octanol–water partition coefficient (Wildman–Crippen LogP) is 1.99. The van der Waals surface area contributed by atoms with Crippen molar-refractivity contribution in [2.45, 2.75) is 77.5 Å². The average Bonchev–Trinajstić information content (AvgIpc) is 3.19. The Balaban J connectivity index is 1.73. The number of pyridine rings is 1. The van der Waals surface area contributed by atoms with Gasteiger partial charge >= 0.3 is 5.97 Å². The summed E-state index contributed by atoms with van der Waals surface area (Å²) < 4.78 is 7.09. The number of amides is 2. The summed E-state index contributed by atoms with van der Waals surface area (Å²) in [5, 5.41) is 10.9. The number of aromatic nitrogens is 4. The lowest BCUT2D eigenvalue weighted by atomic mass is 10.1. The fraction of sp³-hybridized carbons (Fsp3) is 0.545. The Morgan fingerprint density at radius 3 is 2.56 bits per heavy atom. The van der Waals surface area contributed by atoms with E-state index in [2.05, 4.69) is 20.6 Å². The van der Waals surface area contributed by atoms with E-state index in [0.29, 0.717) is 18.7 Å². The summed E-state index contributed by atoms with van der Waals surface area (Å²) in [7, 11) is 0. The smallest absolute Gasteiger partial charge is 0.329 e. The zero-order valence-corrected chi connectivity index (χ0v) is 18.9. The number of carbonyl (C=O) groups is 3. The number of hydrogen-bond donors (Lipinski definition) is 2. The lowest BCUT2D eigenvalue weighted by Crippen LogP contribution is -2.44. The molecular weight excluding hydrogens is 412 g/mol. The lowest BCUT2D eigenvalue weighted by molar-refractivity contribution is -0.158. The Bertz CT molecular complexity index is 891. The Morgan fingerprint density at radius 2 is 1.91 bits per heavy atom. The van der Waals surface area contributed by atoms with Gasteiger partial charge < -0.3 is 15.8 Å². The SMILES string of the molecule is CC(C)(C)OC(=O)[C@H](CCC(N)=O)NC(=O)CCCCCn1cc(-c2ccccn2)nn1. The van der Waals surface area contributed by atoms with Crippen molar-refractivity contribution in [3.8, 4) is 11.4 Å². The van der Waals surface area contributed by atoms with Gasteiger partial charge in [0.15, 0.2) is 0 Å². The van der Waals surface area contributed by atoms with Crippen LogP contribution in [0.3, 0.4) is 0 Å². The summed E-state index contributed by atoms with van der Waals surface area (Å²) in [4.78, 5) is 40.0. The number of nitrogens with two attached hydrogens (primary N) is 1. The largest absolute Gasteiger partial charge is 0.458 e. The molecule has 2 heterocycles. The first kappa shape index (κ1) is 25.0. The molecule has 0 saturated carbocycles. The van der Waals surface area contributed by atoms with Gasteiger partial charge in [0.2, 0.25) is 11.8 Å². The monoisotopic (exact) mass is 444 g/mol. The number of carbonyl (C=O) groups excluding carboxylic acids is 3. The molecule has 0 saturated heterocycles. The second-order valence-electron chi connectivity index (χ2n) is 8.55. The molecule has 10 heteroatoms. The van der Waals surface area contributed by atoms with E-state index < -0.39 is 23.5 Å². The molecular formula is C22H32N6O4. The first-order valence-corrected chi connectivity index (χ1v) is 10.8. The summed E-state index contributed by atoms with van der Waals surface area (Å²) in [6.45, 7) is 5.91. The Morgan fingerprint density at radius 1 is 1.12 bits per heavy atom. The number of esters is 1. The maximum atomic E-state index is 12.3. The molecule has 2 aromatic rings. The molecule has 0 unspecified atom stereocenters. The molecule has 174 valence electrons. The fourth-order valence-corrected chi connectivity index (χ4v) is 2.95. The summed E-state index contributed by atoms with van der Waals surface area (Å²) in [5.74, 6) is -1.36. The molecule has 32 heavy (non-hydrogen) atoms. The first-order chi connectivity index (χ1) is 15.1. The van der Waals surface area contributed by atoms with E-state index in [1.165, 1.54) is 0 Å². The van der Waals surface area contributed by atoms with Crippen molar-refractivity contribution in [2.24, 2.45) is 5.73 Å². The molecule has 0 bridgehead atoms. The fourth-order valence-electron chi connectivity index (χ4n) is 2.95. The molecule has 0 aliphatic heterocycles. The van der Waals surface area contributed by atoms with Gasteiger partial charge in [0.1, 0.15) is 17.3 Å². The van der Waals surface area contributed by atoms with E-state index in [1.54, 1.807) is 31.6 Å². The van der Waals surface area contributed by atoms with Crippen LogP contribution in [-0.4, -0.2) is 49.4 Å². The number of primary amides is 1. The maximum Gasteiger partial charge on any atom is 0.329 e. The minimum absolute atomic E-state index is 0.0113. The summed E-state index contributed by atoms with van der Waals surface area (Å²) in [6.07, 6.45) is 6.22. The molecule has 0 radical (unpaired) electrons. The van der Waals surface area contributed by atoms with E-state index in [1.807, 2.05) is 24.4 Å². The van der Waals surface area contributed by atoms with Crippen molar-refractivity contribution in [1.29, 1.82) is 0 Å². The highest BCUT2D eigenvalue weighted by molar-refractivity contribution is 5.85. The molecule has 0 fully saturated rings. The van der Waals surface area contributed by atoms with Crippen LogP contribution >= 0.6 is 0 Å². The van der Waals surface area contributed by atoms with E-state index in [9.17, 15) is 14.4 Å². The van der Waals surface area contributed by atoms with Gasteiger partial charge in [-0.3, -0.25) is 19.3 Å². The number of unbranched alkanes of at least 4 members (excludes halogenated alkanes) is 2. The minimum Gasteiger partial charge on any atom is -0.458 e. The quantitative estimate of drug-likeness (QED) is 0.376. The van der Waals surface area contributed by atoms with Crippen LogP contribution in [-0.2, 0) is 25.7 Å². The number of aryl methyl sites for hydroxylation is 1. The highest BCUT2D eigenvalue weighted by atomic mass is 16.6. The van der Waals surface area contributed by atoms with Crippen LogP contribution in [0.1, 0.15) is 59.3 Å². The molecule has 0 aliphatic carbocycles. The van der Waals surface area contributed by atoms with Crippen LogP contribution in [0.15, 0.2) is 30.6 Å². The third kappa shape index (κ3) is 9.23. The minimum atomic E-state index is -0.894. The summed E-state index contributed by atoms with van der Waals surface area (Å²) in [5.41, 5.74) is 5.97. The number of rotatable bonds is 12. The van der Waals surface area contributed by atoms with Crippen molar-refractivity contribution in [1.82, 2.24) is 25.3 Å². The van der Waals surface area contributed by atoms with E-state index in [-0.39, 0.29) is 25.2 Å². The molecule has 10 nitrogen and oxygen atoms in total. The molecule has 0 aromatic carbocycles. The van der Waals surface area contributed by atoms with Crippen LogP contribution in [0.5, 0.6) is 0 Å². The molecule has 3 N–H and O–H groups in total. The zero-order chi connectivity index (χ0) is 23.6. The number of hydrogen-bond acceptors (Lipinski definition) is 7. The highest BCUT2D eigenvalue weighted by Crippen LogP contribution is 2.13. The Hall–Kier alpha value is -3.30. The topological polar surface area (TPSA) is 142 Å². The van der Waals surface area contributed by atoms with Crippen molar-refractivity contribution in [2.75, 3.05) is 0 Å². The predicted molar refractivity (Wildman–Crippen MR) is 118 cm³/mol. The van der Waals surface area contributed by atoms with Crippen LogP contribution in [0.25, 0.3) is 11.4 Å². The van der Waals surface area contributed by atoms with E-state index in [0.717, 1.165) is 18.5 Å². The van der Waals surface area contributed by atoms with Crippen molar-refractivity contribution < 1.29 is 19.1 Å². The normalized spacial score (nSPS) is 12.2. The molecule has 2 aromatic heterocycles. The summed E-state index contributed by atoms with van der Waals surface area (Å²) in [6, 6.07) is 4.72. The van der Waals surface area contributed by atoms with E-state index >= 15 is 0 Å². The van der Waals surface area contributed by atoms with Crippen LogP contribution in [0.2, 0.25) is 0 Å². The second-order valence-corrected chi connectivity index (χ2v) is 8.55. The van der Waals surface area contributed by atoms with E-state index in [4.69, 9.17) is 10.5 Å². The van der Waals surface area contributed by atoms with Gasteiger partial charge in [0.05, 0.1) is 11.9 Å². The van der Waals surface area contributed by atoms with Crippen molar-refractivity contribution >= 4 is 17.8 Å². The second kappa shape index (κ2) is 11.9. The third-order valence-electron chi connectivity index (χ3n) is 4.46. The van der Waals surface area contributed by atoms with Crippen molar-refractivity contribution in [3.05, 3.63) is 30.6 Å². The van der Waals surface area contributed by atoms with Gasteiger partial charge in [0.25, 0.3) is 0 Å². The van der Waals surface area contributed by atoms with Crippen LogP contribution in [0, 0.1) is 0 Å². The van der Waals surface area contributed by atoms with Crippen LogP contribution < -0.4 is 11.1 Å². The standard InChI is InChI=1S/C22H32N6O4/c1-22(2,3)32-21(31)17(11-12-19(23)29)25-20(30)10-5-4-8-14-28-15-18(26-27-28)16-9-6-7-13-24-16/h6-7,9,13,15,17H,4-5,8,10-12,14H2,1-3H3,(H2,23,29)(H,25,30)/t17-/m0/s1. The summed E-state index contributed by atoms with van der Waals surface area (Å²) >= 11 is 0. The third-order valence-corrected chi connectivity index (χ3v) is 4.46. The van der Waals surface area contributed by atoms with Gasteiger partial charge in [-0.15, -0.1) is 5.10 Å². The van der Waals surface area contributed by atoms with Crippen molar-refractivity contribution in [3.63, 3.8) is 0 Å². The van der Waals surface area contributed by atoms with Crippen LogP contribution in [0.4, 0.5) is 0 Å². The first-order valence-electron chi connectivity index (χ1n) is 10.8. The zero-order valence-electron chi connectivity index (χ0n) is 18.9. The average molecular weight is 445 g/mol. The molecule has 2 rings (SSSR count). The molecule has 2 amide bonds. The Kier molecular flexibility index (Phi) is 9.30. The molecule has 1 atom stereocenters. The Labute approximate surface area is 187 Å². The number of nitrogens with one attached hydrogen (secondary N) is 1. The van der Waals surface area contributed by atoms with Gasteiger partial charge in [-0.2, -0.15) is 0 Å². The van der Waals surface area contributed by atoms with Gasteiger partial charge in [-0.05, 0) is 52.2 Å². The highest BCUT2D eigenvalue weighted by Gasteiger charge is 2.26. The van der Waals surface area contributed by atoms with Gasteiger partial charge in [-0.1, -0.05) is 17.7 Å².